The molecule has 0 aromatic rings. The molecule has 0 aliphatic rings. The van der Waals surface area contributed by atoms with Crippen LogP contribution < -0.4 is 0 Å². The number of carbonyl (C=O) groups excluding carboxylic acids is 2. The maximum atomic E-state index is 12.3. The molecule has 0 saturated heterocycles. The Morgan fingerprint density at radius 3 is 0.794 bits per heavy atom. The summed E-state index contributed by atoms with van der Waals surface area (Å²) in [5.41, 5.74) is 0. The van der Waals surface area contributed by atoms with Crippen LogP contribution in [-0.4, -0.2) is 36.4 Å². The lowest BCUT2D eigenvalue weighted by molar-refractivity contribution is -0.161. The van der Waals surface area contributed by atoms with E-state index in [1.54, 1.807) is 0 Å². The largest absolute Gasteiger partial charge is 0.462 e. The van der Waals surface area contributed by atoms with Crippen molar-refractivity contribution in [2.45, 2.75) is 367 Å². The van der Waals surface area contributed by atoms with Crippen LogP contribution in [0.3, 0.4) is 0 Å². The van der Waals surface area contributed by atoms with E-state index in [2.05, 4.69) is 26.0 Å². The van der Waals surface area contributed by atoms with Crippen molar-refractivity contribution in [1.29, 1.82) is 0 Å². The van der Waals surface area contributed by atoms with Crippen LogP contribution in [0.15, 0.2) is 12.2 Å². The number of allylic oxidation sites excluding steroid dienone is 2. The molecule has 404 valence electrons. The van der Waals surface area contributed by atoms with Crippen molar-refractivity contribution in [2.24, 2.45) is 0 Å². The first-order chi connectivity index (χ1) is 33.6. The minimum Gasteiger partial charge on any atom is -0.462 e. The molecule has 0 aliphatic carbocycles. The van der Waals surface area contributed by atoms with Crippen LogP contribution in [-0.2, 0) is 19.1 Å². The highest BCUT2D eigenvalue weighted by Gasteiger charge is 2.16. The van der Waals surface area contributed by atoms with Crippen LogP contribution in [0.1, 0.15) is 361 Å². The number of ether oxygens (including phenoxy) is 2. The Balaban J connectivity index is 3.36. The Labute approximate surface area is 426 Å². The summed E-state index contributed by atoms with van der Waals surface area (Å²) in [4.78, 5) is 24.5. The third-order valence-corrected chi connectivity index (χ3v) is 14.6. The van der Waals surface area contributed by atoms with Gasteiger partial charge in [-0.15, -0.1) is 0 Å². The van der Waals surface area contributed by atoms with E-state index < -0.39 is 6.10 Å². The van der Waals surface area contributed by atoms with Gasteiger partial charge in [0.05, 0.1) is 6.61 Å². The van der Waals surface area contributed by atoms with Gasteiger partial charge in [-0.1, -0.05) is 321 Å². The highest BCUT2D eigenvalue weighted by molar-refractivity contribution is 5.70. The Morgan fingerprint density at radius 1 is 0.324 bits per heavy atom. The maximum Gasteiger partial charge on any atom is 0.306 e. The van der Waals surface area contributed by atoms with E-state index in [1.807, 2.05) is 0 Å². The van der Waals surface area contributed by atoms with Crippen molar-refractivity contribution in [1.82, 2.24) is 0 Å². The van der Waals surface area contributed by atoms with Gasteiger partial charge in [0, 0.05) is 12.8 Å². The van der Waals surface area contributed by atoms with Crippen LogP contribution in [0.2, 0.25) is 0 Å². The van der Waals surface area contributed by atoms with Crippen molar-refractivity contribution in [3.8, 4) is 0 Å². The highest BCUT2D eigenvalue weighted by Crippen LogP contribution is 2.18. The zero-order valence-corrected chi connectivity index (χ0v) is 46.4. The van der Waals surface area contributed by atoms with E-state index in [1.165, 1.54) is 302 Å². The lowest BCUT2D eigenvalue weighted by Crippen LogP contribution is -2.28. The lowest BCUT2D eigenvalue weighted by atomic mass is 10.0. The molecule has 1 N–H and O–H groups in total. The predicted octanol–water partition coefficient (Wildman–Crippen LogP) is 21.1. The molecule has 0 amide bonds. The fourth-order valence-corrected chi connectivity index (χ4v) is 9.85. The second-order valence-electron chi connectivity index (χ2n) is 21.5. The van der Waals surface area contributed by atoms with Gasteiger partial charge in [0.25, 0.3) is 0 Å². The molecular weight excluding hydrogens is 837 g/mol. The van der Waals surface area contributed by atoms with E-state index in [-0.39, 0.29) is 25.2 Å². The first-order valence-electron chi connectivity index (χ1n) is 31.2. The number of carbonyl (C=O) groups is 2. The summed E-state index contributed by atoms with van der Waals surface area (Å²) in [5, 5.41) is 9.66. The summed E-state index contributed by atoms with van der Waals surface area (Å²) in [6, 6.07) is 0. The van der Waals surface area contributed by atoms with E-state index in [9.17, 15) is 14.7 Å². The number of hydrogen-bond acceptors (Lipinski definition) is 5. The number of esters is 2. The SMILES string of the molecule is CCCCCCCCCC/C=C\CCCCCCCCCCCCCCCCCCCCCCCCCC(=O)OC(CO)COC(=O)CCCCCCCCCCCCCCCCCCCCC. The average molecular weight is 960 g/mol. The molecule has 0 radical (unpaired) electrons. The fraction of sp³-hybridized carbons (Fsp3) is 0.937. The summed E-state index contributed by atoms with van der Waals surface area (Å²) in [6.45, 7) is 4.20. The normalized spacial score (nSPS) is 12.1. The molecule has 0 rings (SSSR count). The molecule has 0 spiro atoms. The molecule has 5 heteroatoms. The summed E-state index contributed by atoms with van der Waals surface area (Å²) in [5.74, 6) is -0.564. The van der Waals surface area contributed by atoms with Gasteiger partial charge in [0.2, 0.25) is 0 Å². The van der Waals surface area contributed by atoms with E-state index in [0.29, 0.717) is 12.8 Å². The van der Waals surface area contributed by atoms with Crippen molar-refractivity contribution in [2.75, 3.05) is 13.2 Å². The monoisotopic (exact) mass is 959 g/mol. The third-order valence-electron chi connectivity index (χ3n) is 14.6. The lowest BCUT2D eigenvalue weighted by Gasteiger charge is -2.15. The van der Waals surface area contributed by atoms with Crippen molar-refractivity contribution < 1.29 is 24.2 Å². The molecule has 0 fully saturated rings. The molecule has 0 saturated carbocycles. The van der Waals surface area contributed by atoms with Gasteiger partial charge in [-0.3, -0.25) is 9.59 Å². The smallest absolute Gasteiger partial charge is 0.306 e. The number of unbranched alkanes of at least 4 members (excludes halogenated alkanes) is 49. The Hall–Kier alpha value is -1.36. The maximum absolute atomic E-state index is 12.3. The first kappa shape index (κ1) is 66.6. The van der Waals surface area contributed by atoms with Crippen LogP contribution >= 0.6 is 0 Å². The molecule has 68 heavy (non-hydrogen) atoms. The topological polar surface area (TPSA) is 72.8 Å². The quantitative estimate of drug-likeness (QED) is 0.0374. The standard InChI is InChI=1S/C63H122O5/c1-3-5-7-9-11-13-15-17-19-21-23-24-25-26-27-28-29-30-31-32-33-34-35-36-37-38-40-42-44-46-48-50-52-54-56-58-63(66)68-61(59-64)60-67-62(65)57-55-53-51-49-47-45-43-41-39-22-20-18-16-14-12-10-8-6-4-2/h21,23,61,64H,3-20,22,24-60H2,1-2H3/b23-21-. The predicted molar refractivity (Wildman–Crippen MR) is 298 cm³/mol. The first-order valence-corrected chi connectivity index (χ1v) is 31.2. The van der Waals surface area contributed by atoms with E-state index >= 15 is 0 Å². The van der Waals surface area contributed by atoms with Gasteiger partial charge in [-0.25, -0.2) is 0 Å². The van der Waals surface area contributed by atoms with Gasteiger partial charge >= 0.3 is 11.9 Å². The van der Waals surface area contributed by atoms with Gasteiger partial charge in [-0.2, -0.15) is 0 Å². The van der Waals surface area contributed by atoms with Gasteiger partial charge in [-0.05, 0) is 38.5 Å². The molecule has 0 aliphatic heterocycles. The zero-order valence-electron chi connectivity index (χ0n) is 46.4. The summed E-state index contributed by atoms with van der Waals surface area (Å²) in [7, 11) is 0. The molecule has 0 bridgehead atoms. The Bertz CT molecular complexity index is 994. The number of aliphatic hydroxyl groups is 1. The molecule has 1 unspecified atom stereocenters. The number of aliphatic hydroxyl groups excluding tert-OH is 1. The molecule has 1 atom stereocenters. The molecular formula is C63H122O5. The summed E-state index contributed by atoms with van der Waals surface area (Å²) in [6.07, 6.45) is 75.1. The number of rotatable bonds is 59. The molecule has 0 heterocycles. The van der Waals surface area contributed by atoms with Gasteiger partial charge in [0.1, 0.15) is 6.61 Å². The number of hydrogen-bond donors (Lipinski definition) is 1. The average Bonchev–Trinajstić information content (AvgIpc) is 3.34. The van der Waals surface area contributed by atoms with Crippen molar-refractivity contribution >= 4 is 11.9 Å². The van der Waals surface area contributed by atoms with E-state index in [4.69, 9.17) is 9.47 Å². The van der Waals surface area contributed by atoms with Crippen LogP contribution in [0, 0.1) is 0 Å². The van der Waals surface area contributed by atoms with Crippen molar-refractivity contribution in [3.63, 3.8) is 0 Å². The van der Waals surface area contributed by atoms with Gasteiger partial charge < -0.3 is 14.6 Å². The summed E-state index contributed by atoms with van der Waals surface area (Å²) < 4.78 is 10.7. The van der Waals surface area contributed by atoms with Gasteiger partial charge in [0.15, 0.2) is 6.10 Å². The zero-order chi connectivity index (χ0) is 49.2. The minimum atomic E-state index is -0.765. The molecule has 5 nitrogen and oxygen atoms in total. The fourth-order valence-electron chi connectivity index (χ4n) is 9.85. The van der Waals surface area contributed by atoms with Crippen LogP contribution in [0.4, 0.5) is 0 Å². The third kappa shape index (κ3) is 57.2. The molecule has 0 aromatic carbocycles. The van der Waals surface area contributed by atoms with Crippen molar-refractivity contribution in [3.05, 3.63) is 12.2 Å². The Morgan fingerprint density at radius 2 is 0.544 bits per heavy atom. The summed E-state index contributed by atoms with van der Waals surface area (Å²) >= 11 is 0. The second-order valence-corrected chi connectivity index (χ2v) is 21.5. The van der Waals surface area contributed by atoms with E-state index in [0.717, 1.165) is 32.1 Å². The Kier molecular flexibility index (Phi) is 58.7. The van der Waals surface area contributed by atoms with Crippen LogP contribution in [0.25, 0.3) is 0 Å². The highest BCUT2D eigenvalue weighted by atomic mass is 16.6. The van der Waals surface area contributed by atoms with Crippen LogP contribution in [0.5, 0.6) is 0 Å². The second kappa shape index (κ2) is 59.9. The molecule has 0 aromatic heterocycles. The minimum absolute atomic E-state index is 0.0567.